The lowest BCUT2D eigenvalue weighted by molar-refractivity contribution is -0.0233. The molecule has 24 heavy (non-hydrogen) atoms. The highest BCUT2D eigenvalue weighted by Gasteiger charge is 2.44. The van der Waals surface area contributed by atoms with Crippen LogP contribution in [-0.4, -0.2) is 56.3 Å². The molecular weight excluding hydrogens is 318 g/mol. The summed E-state index contributed by atoms with van der Waals surface area (Å²) in [6, 6.07) is 0. The first-order valence-corrected chi connectivity index (χ1v) is 8.15. The summed E-state index contributed by atoms with van der Waals surface area (Å²) in [4.78, 5) is 26.1. The smallest absolute Gasteiger partial charge is 0.328 e. The Balaban J connectivity index is 2.15. The van der Waals surface area contributed by atoms with Crippen molar-refractivity contribution in [2.75, 3.05) is 13.2 Å². The van der Waals surface area contributed by atoms with Gasteiger partial charge in [0.15, 0.2) is 0 Å². The van der Waals surface area contributed by atoms with Crippen molar-refractivity contribution >= 4 is 0 Å². The van der Waals surface area contributed by atoms with Gasteiger partial charge in [-0.1, -0.05) is 12.8 Å². The molecule has 1 saturated heterocycles. The van der Waals surface area contributed by atoms with Crippen molar-refractivity contribution in [1.29, 1.82) is 0 Å². The standard InChI is InChI=1S/C15H25N3O6/c16-5-3-1-2-4-6-18-7-9(14(22)17-15(18)23)13-12(21)11(20)10(8-19)24-13/h7,10-13,19-21H,1-6,8,16H2,(H,17,22,23)/t10-,11-,12-,13+/m1/s1. The van der Waals surface area contributed by atoms with Gasteiger partial charge in [-0.2, -0.15) is 0 Å². The van der Waals surface area contributed by atoms with Gasteiger partial charge in [0.25, 0.3) is 5.56 Å². The van der Waals surface area contributed by atoms with Crippen LogP contribution in [0, 0.1) is 0 Å². The fraction of sp³-hybridized carbons (Fsp3) is 0.733. The van der Waals surface area contributed by atoms with Crippen LogP contribution in [0.2, 0.25) is 0 Å². The molecule has 0 aromatic carbocycles. The largest absolute Gasteiger partial charge is 0.394 e. The molecule has 0 amide bonds. The van der Waals surface area contributed by atoms with Crippen molar-refractivity contribution in [3.8, 4) is 0 Å². The molecule has 136 valence electrons. The first kappa shape index (κ1) is 18.8. The van der Waals surface area contributed by atoms with Crippen molar-refractivity contribution in [2.45, 2.75) is 56.6 Å². The van der Waals surface area contributed by atoms with Gasteiger partial charge in [0.05, 0.1) is 12.2 Å². The normalized spacial score (nSPS) is 26.8. The van der Waals surface area contributed by atoms with Crippen molar-refractivity contribution in [3.05, 3.63) is 32.6 Å². The molecule has 9 nitrogen and oxygen atoms in total. The number of unbranched alkanes of at least 4 members (excludes halogenated alkanes) is 3. The van der Waals surface area contributed by atoms with Crippen molar-refractivity contribution in [2.24, 2.45) is 5.73 Å². The molecule has 0 bridgehead atoms. The third kappa shape index (κ3) is 4.11. The molecule has 1 aliphatic rings. The number of aromatic amines is 1. The summed E-state index contributed by atoms with van der Waals surface area (Å²) in [7, 11) is 0. The molecule has 9 heteroatoms. The fourth-order valence-electron chi connectivity index (χ4n) is 2.83. The average Bonchev–Trinajstić information content (AvgIpc) is 2.84. The van der Waals surface area contributed by atoms with Gasteiger partial charge in [-0.3, -0.25) is 9.78 Å². The highest BCUT2D eigenvalue weighted by atomic mass is 16.6. The molecule has 2 rings (SSSR count). The third-order valence-corrected chi connectivity index (χ3v) is 4.24. The molecule has 0 aliphatic carbocycles. The van der Waals surface area contributed by atoms with Crippen LogP contribution in [0.3, 0.4) is 0 Å². The minimum Gasteiger partial charge on any atom is -0.394 e. The van der Waals surface area contributed by atoms with E-state index in [9.17, 15) is 19.8 Å². The maximum atomic E-state index is 12.0. The van der Waals surface area contributed by atoms with Crippen LogP contribution in [0.15, 0.2) is 15.8 Å². The molecule has 6 N–H and O–H groups in total. The third-order valence-electron chi connectivity index (χ3n) is 4.24. The first-order valence-electron chi connectivity index (χ1n) is 8.15. The van der Waals surface area contributed by atoms with E-state index in [-0.39, 0.29) is 5.56 Å². The van der Waals surface area contributed by atoms with Gasteiger partial charge in [-0.05, 0) is 19.4 Å². The van der Waals surface area contributed by atoms with Crippen LogP contribution < -0.4 is 17.0 Å². The second-order valence-corrected chi connectivity index (χ2v) is 6.00. The van der Waals surface area contributed by atoms with Crippen molar-refractivity contribution in [3.63, 3.8) is 0 Å². The molecule has 0 unspecified atom stereocenters. The molecule has 1 aliphatic heterocycles. The predicted molar refractivity (Wildman–Crippen MR) is 85.6 cm³/mol. The number of aliphatic hydroxyl groups is 3. The van der Waals surface area contributed by atoms with Gasteiger partial charge in [0, 0.05) is 12.7 Å². The summed E-state index contributed by atoms with van der Waals surface area (Å²) in [5, 5.41) is 29.0. The number of aliphatic hydroxyl groups excluding tert-OH is 3. The van der Waals surface area contributed by atoms with Crippen LogP contribution in [0.4, 0.5) is 0 Å². The number of aryl methyl sites for hydroxylation is 1. The molecule has 4 atom stereocenters. The summed E-state index contributed by atoms with van der Waals surface area (Å²) in [6.45, 7) is 0.573. The average molecular weight is 343 g/mol. The Labute approximate surface area is 138 Å². The number of rotatable bonds is 8. The van der Waals surface area contributed by atoms with E-state index in [1.807, 2.05) is 0 Å². The topological polar surface area (TPSA) is 151 Å². The highest BCUT2D eigenvalue weighted by molar-refractivity contribution is 5.14. The summed E-state index contributed by atoms with van der Waals surface area (Å²) in [5.74, 6) is 0. The number of nitrogens with two attached hydrogens (primary N) is 1. The molecule has 1 aromatic rings. The number of nitrogens with zero attached hydrogens (tertiary/aromatic N) is 1. The highest BCUT2D eigenvalue weighted by Crippen LogP contribution is 2.31. The zero-order chi connectivity index (χ0) is 17.7. The Hall–Kier alpha value is -1.52. The van der Waals surface area contributed by atoms with E-state index in [4.69, 9.17) is 15.6 Å². The second kappa shape index (κ2) is 8.54. The number of nitrogens with one attached hydrogen (secondary N) is 1. The minimum absolute atomic E-state index is 0.0547. The summed E-state index contributed by atoms with van der Waals surface area (Å²) in [5.41, 5.74) is 4.28. The molecule has 1 fully saturated rings. The molecule has 0 radical (unpaired) electrons. The quantitative estimate of drug-likeness (QED) is 0.350. The fourth-order valence-corrected chi connectivity index (χ4v) is 2.83. The van der Waals surface area contributed by atoms with Crippen LogP contribution >= 0.6 is 0 Å². The molecular formula is C15H25N3O6. The predicted octanol–water partition coefficient (Wildman–Crippen LogP) is -1.79. The van der Waals surface area contributed by atoms with Gasteiger partial charge >= 0.3 is 5.69 Å². The van der Waals surface area contributed by atoms with Crippen LogP contribution in [-0.2, 0) is 11.3 Å². The van der Waals surface area contributed by atoms with E-state index in [1.54, 1.807) is 0 Å². The second-order valence-electron chi connectivity index (χ2n) is 6.00. The summed E-state index contributed by atoms with van der Waals surface area (Å²) >= 11 is 0. The van der Waals surface area contributed by atoms with Gasteiger partial charge in [0.2, 0.25) is 0 Å². The van der Waals surface area contributed by atoms with Crippen LogP contribution in [0.5, 0.6) is 0 Å². The van der Waals surface area contributed by atoms with Gasteiger partial charge < -0.3 is 30.4 Å². The SMILES string of the molecule is NCCCCCCn1cc([C@@H]2O[C@H](CO)[C@@H](O)[C@H]2O)c(=O)[nH]c1=O. The van der Waals surface area contributed by atoms with Crippen molar-refractivity contribution < 1.29 is 20.1 Å². The Morgan fingerprint density at radius 1 is 1.17 bits per heavy atom. The Kier molecular flexibility index (Phi) is 6.69. The Bertz CT molecular complexity index is 643. The zero-order valence-corrected chi connectivity index (χ0v) is 13.4. The molecule has 0 saturated carbocycles. The monoisotopic (exact) mass is 343 g/mol. The lowest BCUT2D eigenvalue weighted by Crippen LogP contribution is -2.36. The van der Waals surface area contributed by atoms with E-state index in [0.717, 1.165) is 25.7 Å². The maximum absolute atomic E-state index is 12.0. The summed E-state index contributed by atoms with van der Waals surface area (Å²) in [6.07, 6.45) is 0.198. The van der Waals surface area contributed by atoms with E-state index >= 15 is 0 Å². The first-order chi connectivity index (χ1) is 11.5. The maximum Gasteiger partial charge on any atom is 0.328 e. The van der Waals surface area contributed by atoms with Gasteiger partial charge in [0.1, 0.15) is 24.4 Å². The van der Waals surface area contributed by atoms with Crippen molar-refractivity contribution in [1.82, 2.24) is 9.55 Å². The minimum atomic E-state index is -1.35. The molecule has 2 heterocycles. The van der Waals surface area contributed by atoms with E-state index < -0.39 is 42.3 Å². The van der Waals surface area contributed by atoms with Crippen LogP contribution in [0.1, 0.15) is 37.4 Å². The number of hydrogen-bond donors (Lipinski definition) is 5. The molecule has 1 aromatic heterocycles. The van der Waals surface area contributed by atoms with Gasteiger partial charge in [-0.25, -0.2) is 4.79 Å². The van der Waals surface area contributed by atoms with Crippen LogP contribution in [0.25, 0.3) is 0 Å². The molecule has 0 spiro atoms. The summed E-state index contributed by atoms with van der Waals surface area (Å²) < 4.78 is 6.71. The number of H-pyrrole nitrogens is 1. The number of aromatic nitrogens is 2. The van der Waals surface area contributed by atoms with E-state index in [0.29, 0.717) is 13.1 Å². The van der Waals surface area contributed by atoms with Gasteiger partial charge in [-0.15, -0.1) is 0 Å². The lowest BCUT2D eigenvalue weighted by atomic mass is 10.0. The number of hydrogen-bond acceptors (Lipinski definition) is 7. The zero-order valence-electron chi connectivity index (χ0n) is 13.4. The Morgan fingerprint density at radius 2 is 1.88 bits per heavy atom. The number of ether oxygens (including phenoxy) is 1. The van der Waals surface area contributed by atoms with E-state index in [1.165, 1.54) is 10.8 Å². The Morgan fingerprint density at radius 3 is 2.50 bits per heavy atom. The lowest BCUT2D eigenvalue weighted by Gasteiger charge is -2.15. The van der Waals surface area contributed by atoms with E-state index in [2.05, 4.69) is 4.98 Å².